The van der Waals surface area contributed by atoms with Crippen molar-refractivity contribution >= 4 is 18.3 Å². The second-order valence-corrected chi connectivity index (χ2v) is 7.49. The molecule has 1 aliphatic heterocycles. The topological polar surface area (TPSA) is 41.4 Å². The predicted octanol–water partition coefficient (Wildman–Crippen LogP) is 2.28. The van der Waals surface area contributed by atoms with Crippen LogP contribution in [-0.2, 0) is 17.8 Å². The number of carbonyl (C=O) groups excluding carboxylic acids is 1. The summed E-state index contributed by atoms with van der Waals surface area (Å²) < 4.78 is 1.89. The largest absolute Gasteiger partial charge is 0.339 e. The monoisotopic (exact) mass is 354 g/mol. The molecule has 1 amide bonds. The van der Waals surface area contributed by atoms with E-state index in [1.54, 1.807) is 0 Å². The molecule has 2 atom stereocenters. The molecule has 5 nitrogen and oxygen atoms in total. The van der Waals surface area contributed by atoms with E-state index in [1.165, 1.54) is 18.4 Å². The lowest BCUT2D eigenvalue weighted by Gasteiger charge is -2.24. The van der Waals surface area contributed by atoms with Crippen molar-refractivity contribution in [3.63, 3.8) is 0 Å². The maximum absolute atomic E-state index is 12.8. The predicted molar refractivity (Wildman–Crippen MR) is 98.6 cm³/mol. The summed E-state index contributed by atoms with van der Waals surface area (Å²) in [6, 6.07) is 0.512. The minimum atomic E-state index is 0. The zero-order valence-electron chi connectivity index (χ0n) is 15.6. The van der Waals surface area contributed by atoms with Crippen molar-refractivity contribution in [2.75, 3.05) is 27.2 Å². The molecule has 136 valence electrons. The normalized spacial score (nSPS) is 23.7. The van der Waals surface area contributed by atoms with Gasteiger partial charge >= 0.3 is 0 Å². The molecule has 0 spiro atoms. The van der Waals surface area contributed by atoms with E-state index in [1.807, 2.05) is 11.6 Å². The molecule has 24 heavy (non-hydrogen) atoms. The molecule has 2 heterocycles. The van der Waals surface area contributed by atoms with E-state index in [0.717, 1.165) is 36.8 Å². The van der Waals surface area contributed by atoms with Gasteiger partial charge in [0.15, 0.2) is 0 Å². The Hall–Kier alpha value is -1.07. The second-order valence-electron chi connectivity index (χ2n) is 7.49. The van der Waals surface area contributed by atoms with Crippen LogP contribution < -0.4 is 0 Å². The van der Waals surface area contributed by atoms with E-state index in [2.05, 4.69) is 42.8 Å². The van der Waals surface area contributed by atoms with Crippen molar-refractivity contribution in [1.29, 1.82) is 0 Å². The van der Waals surface area contributed by atoms with Gasteiger partial charge in [0.05, 0.1) is 5.69 Å². The van der Waals surface area contributed by atoms with E-state index in [4.69, 9.17) is 0 Å². The number of rotatable bonds is 5. The molecule has 1 aromatic heterocycles. The molecule has 0 aromatic carbocycles. The molecule has 6 heteroatoms. The fraction of sp³-hybridized carbons (Fsp3) is 0.778. The van der Waals surface area contributed by atoms with E-state index < -0.39 is 0 Å². The van der Waals surface area contributed by atoms with Gasteiger partial charge in [0.1, 0.15) is 6.54 Å². The van der Waals surface area contributed by atoms with Crippen molar-refractivity contribution < 1.29 is 4.79 Å². The SMILES string of the molecule is CCc1c(C)nn(CC(=O)N2C[C@H](C3CC3)[C@@H](N(C)C)C2)c1C.Cl. The zero-order valence-corrected chi connectivity index (χ0v) is 16.4. The standard InChI is InChI=1S/C18H30N4O.ClH/c1-6-15-12(2)19-22(13(15)3)11-18(23)21-9-16(14-7-8-14)17(10-21)20(4)5;/h14,16-17H,6-11H2,1-5H3;1H/t16-,17+;/m1./s1. The Morgan fingerprint density at radius 3 is 2.42 bits per heavy atom. The summed E-state index contributed by atoms with van der Waals surface area (Å²) >= 11 is 0. The highest BCUT2D eigenvalue weighted by atomic mass is 35.5. The first-order valence-corrected chi connectivity index (χ1v) is 8.89. The first-order valence-electron chi connectivity index (χ1n) is 8.89. The van der Waals surface area contributed by atoms with Crippen LogP contribution in [0, 0.1) is 25.7 Å². The molecule has 1 saturated heterocycles. The molecule has 0 radical (unpaired) electrons. The van der Waals surface area contributed by atoms with E-state index in [0.29, 0.717) is 18.5 Å². The maximum atomic E-state index is 12.8. The average molecular weight is 355 g/mol. The van der Waals surface area contributed by atoms with Crippen LogP contribution in [0.2, 0.25) is 0 Å². The number of likely N-dealkylation sites (tertiary alicyclic amines) is 1. The first kappa shape index (κ1) is 19.3. The summed E-state index contributed by atoms with van der Waals surface area (Å²) in [5.41, 5.74) is 3.47. The molecule has 3 rings (SSSR count). The summed E-state index contributed by atoms with van der Waals surface area (Å²) in [7, 11) is 4.28. The van der Waals surface area contributed by atoms with Gasteiger partial charge in [-0.1, -0.05) is 6.92 Å². The number of carbonyl (C=O) groups is 1. The minimum absolute atomic E-state index is 0. The Morgan fingerprint density at radius 2 is 1.92 bits per heavy atom. The molecule has 0 bridgehead atoms. The number of aromatic nitrogens is 2. The lowest BCUT2D eigenvalue weighted by atomic mass is 9.97. The summed E-state index contributed by atoms with van der Waals surface area (Å²) in [4.78, 5) is 17.1. The molecule has 1 aromatic rings. The third-order valence-corrected chi connectivity index (χ3v) is 5.75. The molecule has 1 aliphatic carbocycles. The molecule has 1 saturated carbocycles. The van der Waals surface area contributed by atoms with Gasteiger partial charge in [-0.3, -0.25) is 9.48 Å². The van der Waals surface area contributed by atoms with Crippen molar-refractivity contribution in [3.8, 4) is 0 Å². The number of likely N-dealkylation sites (N-methyl/N-ethyl adjacent to an activating group) is 1. The van der Waals surface area contributed by atoms with Gasteiger partial charge in [0.2, 0.25) is 5.91 Å². The zero-order chi connectivity index (χ0) is 16.7. The van der Waals surface area contributed by atoms with E-state index >= 15 is 0 Å². The summed E-state index contributed by atoms with van der Waals surface area (Å²) in [5, 5.41) is 4.57. The van der Waals surface area contributed by atoms with Crippen molar-refractivity contribution in [3.05, 3.63) is 17.0 Å². The highest BCUT2D eigenvalue weighted by Crippen LogP contribution is 2.42. The van der Waals surface area contributed by atoms with Crippen LogP contribution in [0.15, 0.2) is 0 Å². The van der Waals surface area contributed by atoms with Crippen LogP contribution in [-0.4, -0.2) is 58.7 Å². The summed E-state index contributed by atoms with van der Waals surface area (Å²) in [6.45, 7) is 8.43. The Morgan fingerprint density at radius 1 is 1.25 bits per heavy atom. The Balaban J connectivity index is 0.00000208. The number of hydrogen-bond donors (Lipinski definition) is 0. The summed E-state index contributed by atoms with van der Waals surface area (Å²) in [6.07, 6.45) is 3.66. The van der Waals surface area contributed by atoms with Gasteiger partial charge in [0, 0.05) is 24.8 Å². The number of halogens is 1. The van der Waals surface area contributed by atoms with Gasteiger partial charge in [0.25, 0.3) is 0 Å². The number of nitrogens with zero attached hydrogens (tertiary/aromatic N) is 4. The quantitative estimate of drug-likeness (QED) is 0.814. The highest BCUT2D eigenvalue weighted by molar-refractivity contribution is 5.85. The van der Waals surface area contributed by atoms with E-state index in [-0.39, 0.29) is 18.3 Å². The fourth-order valence-electron chi connectivity index (χ4n) is 4.18. The smallest absolute Gasteiger partial charge is 0.244 e. The Bertz CT molecular complexity index is 584. The van der Waals surface area contributed by atoms with E-state index in [9.17, 15) is 4.79 Å². The van der Waals surface area contributed by atoms with Crippen LogP contribution in [0.4, 0.5) is 0 Å². The third kappa shape index (κ3) is 3.62. The maximum Gasteiger partial charge on any atom is 0.244 e. The molecular formula is C18H31ClN4O. The van der Waals surface area contributed by atoms with Crippen LogP contribution in [0.25, 0.3) is 0 Å². The third-order valence-electron chi connectivity index (χ3n) is 5.75. The molecule has 0 N–H and O–H groups in total. The van der Waals surface area contributed by atoms with Gasteiger partial charge < -0.3 is 9.80 Å². The Labute approximate surface area is 151 Å². The van der Waals surface area contributed by atoms with Gasteiger partial charge in [-0.25, -0.2) is 0 Å². The fourth-order valence-corrected chi connectivity index (χ4v) is 4.18. The number of amides is 1. The lowest BCUT2D eigenvalue weighted by Crippen LogP contribution is -2.37. The molecular weight excluding hydrogens is 324 g/mol. The molecule has 0 unspecified atom stereocenters. The first-order chi connectivity index (χ1) is 10.9. The number of aryl methyl sites for hydroxylation is 1. The van der Waals surface area contributed by atoms with Crippen LogP contribution in [0.3, 0.4) is 0 Å². The van der Waals surface area contributed by atoms with Crippen LogP contribution in [0.1, 0.15) is 36.7 Å². The summed E-state index contributed by atoms with van der Waals surface area (Å²) in [5.74, 6) is 1.70. The van der Waals surface area contributed by atoms with Gasteiger partial charge in [-0.15, -0.1) is 12.4 Å². The van der Waals surface area contributed by atoms with Crippen LogP contribution in [0.5, 0.6) is 0 Å². The second kappa shape index (κ2) is 7.44. The number of hydrogen-bond acceptors (Lipinski definition) is 3. The van der Waals surface area contributed by atoms with Crippen molar-refractivity contribution in [1.82, 2.24) is 19.6 Å². The van der Waals surface area contributed by atoms with Crippen molar-refractivity contribution in [2.24, 2.45) is 11.8 Å². The highest BCUT2D eigenvalue weighted by Gasteiger charge is 2.44. The van der Waals surface area contributed by atoms with Gasteiger partial charge in [-0.2, -0.15) is 5.10 Å². The lowest BCUT2D eigenvalue weighted by molar-refractivity contribution is -0.131. The van der Waals surface area contributed by atoms with Crippen molar-refractivity contribution in [2.45, 2.75) is 52.6 Å². The Kier molecular flexibility index (Phi) is 5.97. The van der Waals surface area contributed by atoms with Gasteiger partial charge in [-0.05, 0) is 64.6 Å². The van der Waals surface area contributed by atoms with Crippen LogP contribution >= 0.6 is 12.4 Å². The minimum Gasteiger partial charge on any atom is -0.339 e. The molecule has 2 fully saturated rings. The molecule has 2 aliphatic rings. The average Bonchev–Trinajstić information content (AvgIpc) is 3.18.